The zero-order valence-electron chi connectivity index (χ0n) is 11.7. The Morgan fingerprint density at radius 1 is 1.19 bits per heavy atom. The van der Waals surface area contributed by atoms with Gasteiger partial charge in [0.15, 0.2) is 0 Å². The van der Waals surface area contributed by atoms with Crippen molar-refractivity contribution in [1.82, 2.24) is 0 Å². The molecular formula is C16H17ClN2O2. The minimum absolute atomic E-state index is 0.0794. The number of halogens is 1. The molecule has 5 heteroatoms. The molecule has 0 saturated heterocycles. The van der Waals surface area contributed by atoms with Crippen LogP contribution in [-0.2, 0) is 11.2 Å². The summed E-state index contributed by atoms with van der Waals surface area (Å²) in [5.41, 5.74) is 7.20. The number of nitrogen functional groups attached to an aromatic ring is 1. The minimum Gasteiger partial charge on any atom is -0.457 e. The normalized spacial score (nSPS) is 10.4. The predicted molar refractivity (Wildman–Crippen MR) is 84.6 cm³/mol. The Bertz CT molecular complexity index is 627. The van der Waals surface area contributed by atoms with Crippen LogP contribution in [0.5, 0.6) is 11.5 Å². The van der Waals surface area contributed by atoms with Gasteiger partial charge >= 0.3 is 0 Å². The smallest absolute Gasteiger partial charge is 0.138 e. The van der Waals surface area contributed by atoms with Crippen LogP contribution in [0.25, 0.3) is 0 Å². The average Bonchev–Trinajstić information content (AvgIpc) is 2.48. The molecule has 21 heavy (non-hydrogen) atoms. The average molecular weight is 305 g/mol. The molecule has 0 bridgehead atoms. The molecule has 2 rings (SSSR count). The van der Waals surface area contributed by atoms with Gasteiger partial charge in [-0.1, -0.05) is 23.7 Å². The fourth-order valence-electron chi connectivity index (χ4n) is 1.87. The standard InChI is InChI=1S/C16H17ClN2O2/c1-20-9-8-11-2-5-13(6-3-11)21-15-7-4-12(17)10-14(15)16(18)19/h2-7,10H,8-9H2,1H3,(H3,18,19). The number of benzene rings is 2. The third-order valence-corrected chi connectivity index (χ3v) is 3.21. The quantitative estimate of drug-likeness (QED) is 0.633. The molecule has 0 amide bonds. The molecule has 0 aliphatic heterocycles. The molecular weight excluding hydrogens is 288 g/mol. The summed E-state index contributed by atoms with van der Waals surface area (Å²) in [6.07, 6.45) is 0.858. The van der Waals surface area contributed by atoms with Gasteiger partial charge in [-0.25, -0.2) is 0 Å². The lowest BCUT2D eigenvalue weighted by Gasteiger charge is -2.11. The third-order valence-electron chi connectivity index (χ3n) is 2.98. The van der Waals surface area contributed by atoms with E-state index >= 15 is 0 Å². The molecule has 2 aromatic rings. The van der Waals surface area contributed by atoms with Crippen molar-refractivity contribution < 1.29 is 9.47 Å². The molecule has 0 heterocycles. The van der Waals surface area contributed by atoms with Crippen molar-refractivity contribution >= 4 is 17.4 Å². The zero-order chi connectivity index (χ0) is 15.2. The molecule has 0 radical (unpaired) electrons. The lowest BCUT2D eigenvalue weighted by molar-refractivity contribution is 0.202. The molecule has 0 aliphatic rings. The maximum atomic E-state index is 7.57. The number of methoxy groups -OCH3 is 1. The summed E-state index contributed by atoms with van der Waals surface area (Å²) in [5.74, 6) is 1.11. The van der Waals surface area contributed by atoms with Crippen LogP contribution in [0, 0.1) is 5.41 Å². The first-order valence-electron chi connectivity index (χ1n) is 6.50. The van der Waals surface area contributed by atoms with Crippen LogP contribution in [0.3, 0.4) is 0 Å². The molecule has 0 unspecified atom stereocenters. The Balaban J connectivity index is 2.16. The highest BCUT2D eigenvalue weighted by Gasteiger charge is 2.08. The number of hydrogen-bond donors (Lipinski definition) is 2. The number of ether oxygens (including phenoxy) is 2. The lowest BCUT2D eigenvalue weighted by Crippen LogP contribution is -2.12. The predicted octanol–water partition coefficient (Wildman–Crippen LogP) is 3.61. The van der Waals surface area contributed by atoms with E-state index in [2.05, 4.69) is 0 Å². The number of nitrogens with two attached hydrogens (primary N) is 1. The lowest BCUT2D eigenvalue weighted by atomic mass is 10.1. The number of nitrogens with one attached hydrogen (secondary N) is 1. The van der Waals surface area contributed by atoms with Crippen molar-refractivity contribution in [3.05, 3.63) is 58.6 Å². The minimum atomic E-state index is -0.0794. The second-order valence-corrected chi connectivity index (χ2v) is 4.98. The van der Waals surface area contributed by atoms with Crippen molar-refractivity contribution in [1.29, 1.82) is 5.41 Å². The summed E-state index contributed by atoms with van der Waals surface area (Å²) >= 11 is 5.91. The van der Waals surface area contributed by atoms with E-state index in [-0.39, 0.29) is 5.84 Å². The van der Waals surface area contributed by atoms with E-state index in [1.165, 1.54) is 5.56 Å². The molecule has 0 fully saturated rings. The van der Waals surface area contributed by atoms with E-state index in [1.807, 2.05) is 24.3 Å². The molecule has 0 spiro atoms. The molecule has 0 aliphatic carbocycles. The van der Waals surface area contributed by atoms with E-state index in [9.17, 15) is 0 Å². The van der Waals surface area contributed by atoms with Crippen molar-refractivity contribution in [3.8, 4) is 11.5 Å². The Kier molecular flexibility index (Phi) is 5.20. The van der Waals surface area contributed by atoms with Gasteiger partial charge in [-0.05, 0) is 42.3 Å². The van der Waals surface area contributed by atoms with Gasteiger partial charge in [-0.3, -0.25) is 5.41 Å². The summed E-state index contributed by atoms with van der Waals surface area (Å²) < 4.78 is 10.8. The summed E-state index contributed by atoms with van der Waals surface area (Å²) in [5, 5.41) is 8.09. The molecule has 0 saturated carbocycles. The Morgan fingerprint density at radius 3 is 2.52 bits per heavy atom. The van der Waals surface area contributed by atoms with Gasteiger partial charge in [-0.15, -0.1) is 0 Å². The van der Waals surface area contributed by atoms with Crippen LogP contribution in [0.15, 0.2) is 42.5 Å². The summed E-state index contributed by atoms with van der Waals surface area (Å²) in [6.45, 7) is 0.686. The molecule has 3 N–H and O–H groups in total. The fraction of sp³-hybridized carbons (Fsp3) is 0.188. The second-order valence-electron chi connectivity index (χ2n) is 4.54. The van der Waals surface area contributed by atoms with Crippen LogP contribution in [0.1, 0.15) is 11.1 Å². The van der Waals surface area contributed by atoms with Gasteiger partial charge in [0.2, 0.25) is 0 Å². The third kappa shape index (κ3) is 4.21. The summed E-state index contributed by atoms with van der Waals surface area (Å²) in [4.78, 5) is 0. The SMILES string of the molecule is COCCc1ccc(Oc2ccc(Cl)cc2C(=N)N)cc1. The maximum absolute atomic E-state index is 7.57. The van der Waals surface area contributed by atoms with Crippen molar-refractivity contribution in [2.75, 3.05) is 13.7 Å². The van der Waals surface area contributed by atoms with Gasteiger partial charge in [0.1, 0.15) is 17.3 Å². The van der Waals surface area contributed by atoms with Crippen LogP contribution >= 0.6 is 11.6 Å². The van der Waals surface area contributed by atoms with Crippen LogP contribution < -0.4 is 10.5 Å². The van der Waals surface area contributed by atoms with Crippen molar-refractivity contribution in [3.63, 3.8) is 0 Å². The first kappa shape index (κ1) is 15.4. The van der Waals surface area contributed by atoms with E-state index in [4.69, 9.17) is 32.2 Å². The van der Waals surface area contributed by atoms with E-state index in [0.29, 0.717) is 28.7 Å². The van der Waals surface area contributed by atoms with Gasteiger partial charge in [-0.2, -0.15) is 0 Å². The molecule has 2 aromatic carbocycles. The molecule has 0 aromatic heterocycles. The Labute approximate surface area is 129 Å². The van der Waals surface area contributed by atoms with Gasteiger partial charge in [0.25, 0.3) is 0 Å². The molecule has 110 valence electrons. The van der Waals surface area contributed by atoms with Gasteiger partial charge in [0.05, 0.1) is 12.2 Å². The first-order chi connectivity index (χ1) is 10.1. The van der Waals surface area contributed by atoms with E-state index in [1.54, 1.807) is 25.3 Å². The first-order valence-corrected chi connectivity index (χ1v) is 6.87. The fourth-order valence-corrected chi connectivity index (χ4v) is 2.04. The highest BCUT2D eigenvalue weighted by atomic mass is 35.5. The highest BCUT2D eigenvalue weighted by Crippen LogP contribution is 2.27. The van der Waals surface area contributed by atoms with Crippen LogP contribution in [-0.4, -0.2) is 19.6 Å². The van der Waals surface area contributed by atoms with Gasteiger partial charge < -0.3 is 15.2 Å². The van der Waals surface area contributed by atoms with E-state index in [0.717, 1.165) is 6.42 Å². The molecule has 4 nitrogen and oxygen atoms in total. The maximum Gasteiger partial charge on any atom is 0.138 e. The Hall–Kier alpha value is -2.04. The summed E-state index contributed by atoms with van der Waals surface area (Å²) in [6, 6.07) is 12.8. The second kappa shape index (κ2) is 7.11. The van der Waals surface area contributed by atoms with Crippen molar-refractivity contribution in [2.45, 2.75) is 6.42 Å². The van der Waals surface area contributed by atoms with Crippen LogP contribution in [0.4, 0.5) is 0 Å². The monoisotopic (exact) mass is 304 g/mol. The number of hydrogen-bond acceptors (Lipinski definition) is 3. The van der Waals surface area contributed by atoms with Crippen LogP contribution in [0.2, 0.25) is 5.02 Å². The highest BCUT2D eigenvalue weighted by molar-refractivity contribution is 6.31. The number of rotatable bonds is 6. The summed E-state index contributed by atoms with van der Waals surface area (Å²) in [7, 11) is 1.68. The zero-order valence-corrected chi connectivity index (χ0v) is 12.5. The molecule has 0 atom stereocenters. The van der Waals surface area contributed by atoms with Gasteiger partial charge in [0, 0.05) is 12.1 Å². The largest absolute Gasteiger partial charge is 0.457 e. The number of amidine groups is 1. The topological polar surface area (TPSA) is 68.3 Å². The van der Waals surface area contributed by atoms with Crippen molar-refractivity contribution in [2.24, 2.45) is 5.73 Å². The Morgan fingerprint density at radius 2 is 1.90 bits per heavy atom. The van der Waals surface area contributed by atoms with E-state index < -0.39 is 0 Å².